The third-order valence-corrected chi connectivity index (χ3v) is 8.16. The van der Waals surface area contributed by atoms with Crippen molar-refractivity contribution in [2.75, 3.05) is 37.0 Å². The van der Waals surface area contributed by atoms with Crippen molar-refractivity contribution in [1.82, 2.24) is 29.8 Å². The SMILES string of the molecule is COC(=O)N[C@@H]1[C@H](N)CN(c2ccncc2Nc2ncc3ccc(-c4c(F)cc(CN5CCCC5=O)cc4F)nn23)C[C@@H]1C. The molecule has 6 rings (SSSR count). The number of alkyl carbamates (subject to hydrolysis) is 1. The molecule has 44 heavy (non-hydrogen) atoms. The number of anilines is 3. The van der Waals surface area contributed by atoms with E-state index in [0.717, 1.165) is 12.1 Å². The Hall–Kier alpha value is -4.85. The first-order chi connectivity index (χ1) is 21.2. The van der Waals surface area contributed by atoms with Gasteiger partial charge in [-0.25, -0.2) is 18.6 Å². The van der Waals surface area contributed by atoms with Crippen LogP contribution >= 0.6 is 0 Å². The third-order valence-electron chi connectivity index (χ3n) is 8.16. The van der Waals surface area contributed by atoms with Crippen molar-refractivity contribution in [3.63, 3.8) is 0 Å². The smallest absolute Gasteiger partial charge is 0.407 e. The van der Waals surface area contributed by atoms with E-state index in [1.807, 2.05) is 13.0 Å². The number of pyridine rings is 1. The maximum Gasteiger partial charge on any atom is 0.407 e. The molecule has 4 N–H and O–H groups in total. The van der Waals surface area contributed by atoms with Crippen molar-refractivity contribution >= 4 is 34.8 Å². The molecule has 3 atom stereocenters. The molecule has 12 nitrogen and oxygen atoms in total. The van der Waals surface area contributed by atoms with Crippen LogP contribution in [0.25, 0.3) is 16.8 Å². The summed E-state index contributed by atoms with van der Waals surface area (Å²) in [6, 6.07) is 6.96. The second-order valence-corrected chi connectivity index (χ2v) is 11.2. The summed E-state index contributed by atoms with van der Waals surface area (Å²) < 4.78 is 36.8. The fourth-order valence-electron chi connectivity index (χ4n) is 6.00. The minimum Gasteiger partial charge on any atom is -0.453 e. The molecule has 0 bridgehead atoms. The molecule has 2 amide bonds. The van der Waals surface area contributed by atoms with Gasteiger partial charge in [0.2, 0.25) is 11.9 Å². The molecule has 0 unspecified atom stereocenters. The van der Waals surface area contributed by atoms with Gasteiger partial charge in [-0.3, -0.25) is 9.78 Å². The highest BCUT2D eigenvalue weighted by Gasteiger charge is 2.34. The van der Waals surface area contributed by atoms with Crippen LogP contribution in [0.5, 0.6) is 0 Å². The first kappa shape index (κ1) is 29.2. The van der Waals surface area contributed by atoms with Crippen LogP contribution in [0.4, 0.5) is 30.9 Å². The normalized spacial score (nSPS) is 20.3. The highest BCUT2D eigenvalue weighted by Crippen LogP contribution is 2.32. The zero-order chi connectivity index (χ0) is 31.0. The molecule has 0 radical (unpaired) electrons. The number of nitrogens with two attached hydrogens (primary N) is 1. The van der Waals surface area contributed by atoms with E-state index in [9.17, 15) is 9.59 Å². The van der Waals surface area contributed by atoms with Crippen molar-refractivity contribution in [1.29, 1.82) is 0 Å². The number of carbonyl (C=O) groups excluding carboxylic acids is 2. The quantitative estimate of drug-likeness (QED) is 0.289. The van der Waals surface area contributed by atoms with E-state index in [2.05, 4.69) is 30.6 Å². The van der Waals surface area contributed by atoms with Gasteiger partial charge in [0, 0.05) is 44.8 Å². The van der Waals surface area contributed by atoms with Crippen molar-refractivity contribution < 1.29 is 23.1 Å². The van der Waals surface area contributed by atoms with E-state index in [4.69, 9.17) is 10.5 Å². The summed E-state index contributed by atoms with van der Waals surface area (Å²) in [6.45, 7) is 3.81. The lowest BCUT2D eigenvalue weighted by Crippen LogP contribution is -2.62. The second kappa shape index (κ2) is 12.0. The molecule has 0 spiro atoms. The van der Waals surface area contributed by atoms with E-state index < -0.39 is 17.7 Å². The van der Waals surface area contributed by atoms with Crippen LogP contribution in [0.1, 0.15) is 25.3 Å². The first-order valence-electron chi connectivity index (χ1n) is 14.4. The number of piperidine rings is 1. The van der Waals surface area contributed by atoms with Crippen LogP contribution in [0.3, 0.4) is 0 Å². The molecule has 1 aromatic carbocycles. The van der Waals surface area contributed by atoms with Gasteiger partial charge in [-0.1, -0.05) is 6.92 Å². The number of imidazole rings is 1. The molecular weight excluding hydrogens is 572 g/mol. The summed E-state index contributed by atoms with van der Waals surface area (Å²) in [4.78, 5) is 36.2. The Morgan fingerprint density at radius 1 is 1.16 bits per heavy atom. The molecule has 4 aromatic rings. The van der Waals surface area contributed by atoms with E-state index in [1.54, 1.807) is 29.6 Å². The van der Waals surface area contributed by atoms with Gasteiger partial charge in [-0.05, 0) is 48.2 Å². The number of aromatic nitrogens is 4. The van der Waals surface area contributed by atoms with Gasteiger partial charge in [-0.2, -0.15) is 9.61 Å². The van der Waals surface area contributed by atoms with Crippen LogP contribution in [-0.2, 0) is 16.1 Å². The van der Waals surface area contributed by atoms with Crippen molar-refractivity contribution in [2.24, 2.45) is 11.7 Å². The number of likely N-dealkylation sites (tertiary alicyclic amines) is 1. The summed E-state index contributed by atoms with van der Waals surface area (Å²) in [5.74, 6) is -1.21. The Morgan fingerprint density at radius 3 is 2.66 bits per heavy atom. The Bertz CT molecular complexity index is 1680. The number of hydrogen-bond donors (Lipinski definition) is 3. The first-order valence-corrected chi connectivity index (χ1v) is 14.4. The van der Waals surface area contributed by atoms with Gasteiger partial charge < -0.3 is 30.9 Å². The topological polar surface area (TPSA) is 143 Å². The summed E-state index contributed by atoms with van der Waals surface area (Å²) in [5.41, 5.74) is 8.72. The highest BCUT2D eigenvalue weighted by atomic mass is 19.1. The number of methoxy groups -OCH3 is 1. The molecule has 14 heteroatoms. The average Bonchev–Trinajstić information content (AvgIpc) is 3.59. The maximum absolute atomic E-state index is 15.3. The third kappa shape index (κ3) is 5.72. The number of rotatable bonds is 7. The van der Waals surface area contributed by atoms with Gasteiger partial charge in [0.05, 0.1) is 53.7 Å². The van der Waals surface area contributed by atoms with E-state index in [-0.39, 0.29) is 41.7 Å². The molecular formula is C30H33F2N9O3. The lowest BCUT2D eigenvalue weighted by Gasteiger charge is -2.42. The number of ether oxygens (including phenoxy) is 1. The van der Waals surface area contributed by atoms with Gasteiger partial charge in [0.25, 0.3) is 0 Å². The zero-order valence-electron chi connectivity index (χ0n) is 24.3. The van der Waals surface area contributed by atoms with Gasteiger partial charge >= 0.3 is 6.09 Å². The predicted molar refractivity (Wildman–Crippen MR) is 159 cm³/mol. The number of benzene rings is 1. The molecule has 2 aliphatic heterocycles. The molecule has 2 saturated heterocycles. The van der Waals surface area contributed by atoms with Crippen molar-refractivity contribution in [3.8, 4) is 11.3 Å². The highest BCUT2D eigenvalue weighted by molar-refractivity contribution is 5.78. The Labute approximate surface area is 252 Å². The number of nitrogens with zero attached hydrogens (tertiary/aromatic N) is 6. The molecule has 0 aliphatic carbocycles. The van der Waals surface area contributed by atoms with Crippen LogP contribution < -0.4 is 21.3 Å². The maximum atomic E-state index is 15.3. The number of halogens is 2. The number of hydrogen-bond acceptors (Lipinski definition) is 9. The van der Waals surface area contributed by atoms with E-state index >= 15 is 8.78 Å². The van der Waals surface area contributed by atoms with Crippen LogP contribution in [-0.4, -0.2) is 75.3 Å². The Balaban J connectivity index is 1.25. The van der Waals surface area contributed by atoms with Crippen LogP contribution in [0.15, 0.2) is 48.9 Å². The average molecular weight is 606 g/mol. The van der Waals surface area contributed by atoms with Gasteiger partial charge in [-0.15, -0.1) is 0 Å². The largest absolute Gasteiger partial charge is 0.453 e. The monoisotopic (exact) mass is 605 g/mol. The number of nitrogens with one attached hydrogen (secondary N) is 2. The molecule has 230 valence electrons. The zero-order valence-corrected chi connectivity index (χ0v) is 24.3. The predicted octanol–water partition coefficient (Wildman–Crippen LogP) is 3.44. The van der Waals surface area contributed by atoms with E-state index in [1.165, 1.54) is 29.8 Å². The van der Waals surface area contributed by atoms with Gasteiger partial charge in [0.15, 0.2) is 0 Å². The summed E-state index contributed by atoms with van der Waals surface area (Å²) in [6.07, 6.45) is 5.59. The molecule has 2 aliphatic rings. The van der Waals surface area contributed by atoms with Crippen LogP contribution in [0.2, 0.25) is 0 Å². The Kier molecular flexibility index (Phi) is 7.99. The Morgan fingerprint density at radius 2 is 1.95 bits per heavy atom. The lowest BCUT2D eigenvalue weighted by atomic mass is 9.90. The van der Waals surface area contributed by atoms with E-state index in [0.29, 0.717) is 48.8 Å². The minimum atomic E-state index is -0.766. The number of fused-ring (bicyclic) bond motifs is 1. The second-order valence-electron chi connectivity index (χ2n) is 11.2. The molecule has 5 heterocycles. The summed E-state index contributed by atoms with van der Waals surface area (Å²) in [5, 5.41) is 10.6. The van der Waals surface area contributed by atoms with Crippen LogP contribution in [0, 0.1) is 17.6 Å². The standard InChI is InChI=1S/C30H33F2N9O3/c1-17-14-40(16-22(33)28(17)37-30(43)44-2)25-7-8-34-13-24(25)36-29-35-12-19-5-6-23(38-41(19)29)27-20(31)10-18(11-21(27)32)15-39-9-3-4-26(39)42/h5-8,10-13,17,22,28H,3-4,9,14-16,33H2,1-2H3,(H,35,36)(H,37,43)/t17-,22+,28-/m0/s1. The summed E-state index contributed by atoms with van der Waals surface area (Å²) in [7, 11) is 1.32. The number of amides is 2. The van der Waals surface area contributed by atoms with Crippen molar-refractivity contribution in [3.05, 3.63) is 66.1 Å². The number of carbonyl (C=O) groups is 2. The molecule has 3 aromatic heterocycles. The van der Waals surface area contributed by atoms with Crippen molar-refractivity contribution in [2.45, 2.75) is 38.4 Å². The fourth-order valence-corrected chi connectivity index (χ4v) is 6.00. The lowest BCUT2D eigenvalue weighted by molar-refractivity contribution is -0.128. The minimum absolute atomic E-state index is 0.0161. The summed E-state index contributed by atoms with van der Waals surface area (Å²) >= 11 is 0. The molecule has 0 saturated carbocycles. The molecule has 2 fully saturated rings. The van der Waals surface area contributed by atoms with Gasteiger partial charge in [0.1, 0.15) is 11.6 Å². The fraction of sp³-hybridized carbons (Fsp3) is 0.367.